The zero-order valence-electron chi connectivity index (χ0n) is 19.3. The van der Waals surface area contributed by atoms with Crippen LogP contribution in [0.2, 0.25) is 0 Å². The first-order chi connectivity index (χ1) is 17.3. The van der Waals surface area contributed by atoms with E-state index in [0.717, 1.165) is 71.7 Å². The molecule has 35 heavy (non-hydrogen) atoms. The molecule has 0 bridgehead atoms. The van der Waals surface area contributed by atoms with Crippen LogP contribution < -0.4 is 14.2 Å². The van der Waals surface area contributed by atoms with Gasteiger partial charge in [0.1, 0.15) is 34.5 Å². The SMILES string of the molecule is c1ccc(Oc2ccc(Oc3ccc(Oc4ccccc4)cc3C[C@H]3CO3)c(C[C@H]3CO3)c2)cc1. The highest BCUT2D eigenvalue weighted by Crippen LogP contribution is 2.37. The summed E-state index contributed by atoms with van der Waals surface area (Å²) in [5.74, 6) is 4.76. The van der Waals surface area contributed by atoms with E-state index in [1.54, 1.807) is 0 Å². The lowest BCUT2D eigenvalue weighted by Crippen LogP contribution is -2.01. The molecule has 4 aromatic rings. The molecule has 2 heterocycles. The molecule has 2 saturated heterocycles. The van der Waals surface area contributed by atoms with Gasteiger partial charge in [-0.2, -0.15) is 0 Å². The molecule has 4 aromatic carbocycles. The summed E-state index contributed by atoms with van der Waals surface area (Å²) in [5.41, 5.74) is 2.11. The Kier molecular flexibility index (Phi) is 6.09. The molecule has 5 nitrogen and oxygen atoms in total. The minimum Gasteiger partial charge on any atom is -0.457 e. The third-order valence-corrected chi connectivity index (χ3v) is 5.94. The molecule has 0 radical (unpaired) electrons. The second-order valence-electron chi connectivity index (χ2n) is 8.79. The predicted molar refractivity (Wildman–Crippen MR) is 133 cm³/mol. The van der Waals surface area contributed by atoms with Gasteiger partial charge in [0.2, 0.25) is 0 Å². The number of para-hydroxylation sites is 2. The van der Waals surface area contributed by atoms with Crippen molar-refractivity contribution in [1.82, 2.24) is 0 Å². The smallest absolute Gasteiger partial charge is 0.131 e. The summed E-state index contributed by atoms with van der Waals surface area (Å²) in [4.78, 5) is 0. The third kappa shape index (κ3) is 5.83. The van der Waals surface area contributed by atoms with Gasteiger partial charge in [-0.1, -0.05) is 36.4 Å². The molecule has 0 unspecified atom stereocenters. The van der Waals surface area contributed by atoms with E-state index in [2.05, 4.69) is 0 Å². The van der Waals surface area contributed by atoms with Gasteiger partial charge in [-0.15, -0.1) is 0 Å². The molecule has 0 amide bonds. The van der Waals surface area contributed by atoms with Crippen LogP contribution in [0.3, 0.4) is 0 Å². The van der Waals surface area contributed by atoms with Crippen molar-refractivity contribution >= 4 is 0 Å². The van der Waals surface area contributed by atoms with Crippen LogP contribution in [0, 0.1) is 0 Å². The van der Waals surface area contributed by atoms with Crippen molar-refractivity contribution in [1.29, 1.82) is 0 Å². The highest BCUT2D eigenvalue weighted by atomic mass is 16.6. The van der Waals surface area contributed by atoms with Crippen LogP contribution in [0.25, 0.3) is 0 Å². The average Bonchev–Trinajstić information content (AvgIpc) is 3.81. The van der Waals surface area contributed by atoms with E-state index in [4.69, 9.17) is 23.7 Å². The van der Waals surface area contributed by atoms with E-state index >= 15 is 0 Å². The van der Waals surface area contributed by atoms with Gasteiger partial charge in [0.25, 0.3) is 0 Å². The Hall–Kier alpha value is -3.80. The Morgan fingerprint density at radius 2 is 0.943 bits per heavy atom. The van der Waals surface area contributed by atoms with E-state index in [9.17, 15) is 0 Å². The van der Waals surface area contributed by atoms with Crippen molar-refractivity contribution in [3.63, 3.8) is 0 Å². The number of epoxide rings is 2. The summed E-state index contributed by atoms with van der Waals surface area (Å²) in [5, 5.41) is 0. The van der Waals surface area contributed by atoms with Gasteiger partial charge in [0.15, 0.2) is 0 Å². The molecule has 176 valence electrons. The number of ether oxygens (including phenoxy) is 5. The van der Waals surface area contributed by atoms with E-state index in [1.807, 2.05) is 97.1 Å². The first-order valence-electron chi connectivity index (χ1n) is 11.9. The predicted octanol–water partition coefficient (Wildman–Crippen LogP) is 6.95. The van der Waals surface area contributed by atoms with Crippen molar-refractivity contribution in [2.75, 3.05) is 13.2 Å². The fraction of sp³-hybridized carbons (Fsp3) is 0.200. The third-order valence-electron chi connectivity index (χ3n) is 5.94. The Labute approximate surface area is 204 Å². The molecule has 0 aliphatic carbocycles. The summed E-state index contributed by atoms with van der Waals surface area (Å²) >= 11 is 0. The number of hydrogen-bond donors (Lipinski definition) is 0. The summed E-state index contributed by atoms with van der Waals surface area (Å²) in [6, 6.07) is 31.5. The lowest BCUT2D eigenvalue weighted by Gasteiger charge is -2.16. The first kappa shape index (κ1) is 21.7. The zero-order valence-corrected chi connectivity index (χ0v) is 19.3. The van der Waals surface area contributed by atoms with Crippen LogP contribution in [0.1, 0.15) is 11.1 Å². The van der Waals surface area contributed by atoms with Crippen molar-refractivity contribution in [2.45, 2.75) is 25.0 Å². The minimum atomic E-state index is 0.227. The Morgan fingerprint density at radius 3 is 1.34 bits per heavy atom. The molecular weight excluding hydrogens is 440 g/mol. The van der Waals surface area contributed by atoms with Crippen LogP contribution in [0.15, 0.2) is 97.1 Å². The van der Waals surface area contributed by atoms with Gasteiger partial charge in [-0.3, -0.25) is 0 Å². The molecule has 0 aromatic heterocycles. The van der Waals surface area contributed by atoms with Crippen LogP contribution in [0.5, 0.6) is 34.5 Å². The second kappa shape index (κ2) is 9.82. The van der Waals surface area contributed by atoms with Crippen molar-refractivity contribution < 1.29 is 23.7 Å². The normalized spacial score (nSPS) is 18.1. The first-order valence-corrected chi connectivity index (χ1v) is 11.9. The molecule has 2 fully saturated rings. The maximum Gasteiger partial charge on any atom is 0.131 e. The molecule has 0 saturated carbocycles. The highest BCUT2D eigenvalue weighted by Gasteiger charge is 2.27. The molecule has 6 rings (SSSR count). The fourth-order valence-electron chi connectivity index (χ4n) is 3.99. The Morgan fingerprint density at radius 1 is 0.514 bits per heavy atom. The monoisotopic (exact) mass is 466 g/mol. The van der Waals surface area contributed by atoms with E-state index in [1.165, 1.54) is 0 Å². The molecule has 2 atom stereocenters. The van der Waals surface area contributed by atoms with Gasteiger partial charge >= 0.3 is 0 Å². The molecular formula is C30H26O5. The zero-order chi connectivity index (χ0) is 23.5. The van der Waals surface area contributed by atoms with E-state index < -0.39 is 0 Å². The summed E-state index contributed by atoms with van der Waals surface area (Å²) in [6.07, 6.45) is 2.01. The highest BCUT2D eigenvalue weighted by molar-refractivity contribution is 5.48. The van der Waals surface area contributed by atoms with Crippen LogP contribution in [0.4, 0.5) is 0 Å². The Bertz CT molecular complexity index is 1180. The second-order valence-corrected chi connectivity index (χ2v) is 8.79. The number of rotatable bonds is 10. The van der Waals surface area contributed by atoms with Gasteiger partial charge < -0.3 is 23.7 Å². The average molecular weight is 467 g/mol. The Balaban J connectivity index is 1.26. The van der Waals surface area contributed by atoms with Crippen LogP contribution in [-0.4, -0.2) is 25.4 Å². The van der Waals surface area contributed by atoms with Gasteiger partial charge in [0.05, 0.1) is 25.4 Å². The molecule has 5 heteroatoms. The summed E-state index contributed by atoms with van der Waals surface area (Å²) < 4.78 is 29.6. The van der Waals surface area contributed by atoms with Crippen molar-refractivity contribution in [2.24, 2.45) is 0 Å². The number of hydrogen-bond acceptors (Lipinski definition) is 5. The quantitative estimate of drug-likeness (QED) is 0.237. The standard InChI is InChI=1S/C30H26O5/c1-3-7-23(8-4-1)33-25-11-13-29(21(15-25)17-27-19-31-27)35-30-14-12-26(16-22(30)18-28-20-32-28)34-24-9-5-2-6-10-24/h1-16,27-28H,17-20H2/t27-,28-/m0/s1. The molecule has 2 aliphatic heterocycles. The van der Waals surface area contributed by atoms with Crippen molar-refractivity contribution in [3.05, 3.63) is 108 Å². The van der Waals surface area contributed by atoms with E-state index in [-0.39, 0.29) is 12.2 Å². The van der Waals surface area contributed by atoms with E-state index in [0.29, 0.717) is 0 Å². The van der Waals surface area contributed by atoms with Crippen LogP contribution in [-0.2, 0) is 22.3 Å². The van der Waals surface area contributed by atoms with Gasteiger partial charge in [-0.05, 0) is 60.7 Å². The number of benzene rings is 4. The fourth-order valence-corrected chi connectivity index (χ4v) is 3.99. The summed E-state index contributed by atoms with van der Waals surface area (Å²) in [7, 11) is 0. The maximum atomic E-state index is 6.49. The van der Waals surface area contributed by atoms with Crippen molar-refractivity contribution in [3.8, 4) is 34.5 Å². The maximum absolute atomic E-state index is 6.49. The largest absolute Gasteiger partial charge is 0.457 e. The van der Waals surface area contributed by atoms with Gasteiger partial charge in [0, 0.05) is 24.0 Å². The lowest BCUT2D eigenvalue weighted by atomic mass is 10.1. The molecule has 2 aliphatic rings. The topological polar surface area (TPSA) is 52.8 Å². The lowest BCUT2D eigenvalue weighted by molar-refractivity contribution is 0.397. The van der Waals surface area contributed by atoms with Crippen LogP contribution >= 0.6 is 0 Å². The molecule has 0 N–H and O–H groups in total. The molecule has 0 spiro atoms. The van der Waals surface area contributed by atoms with Gasteiger partial charge in [-0.25, -0.2) is 0 Å². The minimum absolute atomic E-state index is 0.227. The summed E-state index contributed by atoms with van der Waals surface area (Å²) in [6.45, 7) is 1.55.